The summed E-state index contributed by atoms with van der Waals surface area (Å²) in [5.74, 6) is -0.535. The molecule has 0 aromatic heterocycles. The Kier molecular flexibility index (Phi) is 4.46. The van der Waals surface area contributed by atoms with Crippen LogP contribution in [0.4, 0.5) is 0 Å². The Morgan fingerprint density at radius 3 is 2.55 bits per heavy atom. The van der Waals surface area contributed by atoms with Crippen LogP contribution in [0.3, 0.4) is 0 Å². The fourth-order valence-corrected chi connectivity index (χ4v) is 2.36. The summed E-state index contributed by atoms with van der Waals surface area (Å²) in [5, 5.41) is 21.6. The van der Waals surface area contributed by atoms with E-state index in [9.17, 15) is 15.0 Å². The van der Waals surface area contributed by atoms with Crippen molar-refractivity contribution < 1.29 is 15.0 Å². The first kappa shape index (κ1) is 14.6. The molecule has 0 bridgehead atoms. The van der Waals surface area contributed by atoms with Gasteiger partial charge in [0.15, 0.2) is 0 Å². The molecule has 1 aliphatic heterocycles. The zero-order chi connectivity index (χ0) is 14.7. The number of benzene rings is 1. The van der Waals surface area contributed by atoms with Crippen molar-refractivity contribution in [1.29, 1.82) is 0 Å². The van der Waals surface area contributed by atoms with E-state index in [2.05, 4.69) is 22.2 Å². The summed E-state index contributed by atoms with van der Waals surface area (Å²) in [6, 6.07) is 4.14. The Labute approximate surface area is 118 Å². The second-order valence-corrected chi connectivity index (χ2v) is 5.34. The molecule has 3 N–H and O–H groups in total. The Bertz CT molecular complexity index is 472. The molecule has 2 rings (SSSR count). The molecular formula is C14H21N3O3. The van der Waals surface area contributed by atoms with Gasteiger partial charge in [0.05, 0.1) is 0 Å². The molecule has 1 aliphatic rings. The van der Waals surface area contributed by atoms with Crippen LogP contribution in [0.5, 0.6) is 11.5 Å². The minimum Gasteiger partial charge on any atom is -0.508 e. The predicted molar refractivity (Wildman–Crippen MR) is 76.0 cm³/mol. The second kappa shape index (κ2) is 6.11. The van der Waals surface area contributed by atoms with Crippen molar-refractivity contribution in [3.8, 4) is 11.5 Å². The van der Waals surface area contributed by atoms with Crippen molar-refractivity contribution in [2.45, 2.75) is 6.04 Å². The Balaban J connectivity index is 1.94. The number of likely N-dealkylation sites (N-methyl/N-ethyl adjacent to an activating group) is 2. The molecule has 0 saturated carbocycles. The van der Waals surface area contributed by atoms with Gasteiger partial charge in [-0.1, -0.05) is 0 Å². The first-order valence-electron chi connectivity index (χ1n) is 6.65. The first-order chi connectivity index (χ1) is 9.45. The van der Waals surface area contributed by atoms with Gasteiger partial charge >= 0.3 is 0 Å². The van der Waals surface area contributed by atoms with Crippen LogP contribution in [0.2, 0.25) is 0 Å². The monoisotopic (exact) mass is 279 g/mol. The van der Waals surface area contributed by atoms with Crippen LogP contribution in [0.1, 0.15) is 10.4 Å². The van der Waals surface area contributed by atoms with Gasteiger partial charge in [-0.25, -0.2) is 0 Å². The number of nitrogens with zero attached hydrogens (tertiary/aromatic N) is 2. The number of carbonyl (C=O) groups is 1. The van der Waals surface area contributed by atoms with Crippen LogP contribution in [-0.2, 0) is 0 Å². The van der Waals surface area contributed by atoms with E-state index in [0.29, 0.717) is 6.54 Å². The average Bonchev–Trinajstić information content (AvgIpc) is 2.38. The van der Waals surface area contributed by atoms with Gasteiger partial charge in [0.1, 0.15) is 11.5 Å². The molecule has 1 aromatic carbocycles. The zero-order valence-corrected chi connectivity index (χ0v) is 11.8. The Morgan fingerprint density at radius 2 is 1.90 bits per heavy atom. The third-order valence-corrected chi connectivity index (χ3v) is 3.64. The van der Waals surface area contributed by atoms with Crippen molar-refractivity contribution >= 4 is 5.91 Å². The fraction of sp³-hybridized carbons (Fsp3) is 0.500. The van der Waals surface area contributed by atoms with Crippen LogP contribution in [-0.4, -0.2) is 72.2 Å². The average molecular weight is 279 g/mol. The minimum atomic E-state index is -0.294. The number of rotatable bonds is 3. The maximum atomic E-state index is 12.0. The number of piperazine rings is 1. The SMILES string of the molecule is CN1CCN(C)C(CNC(=O)c2cc(O)cc(O)c2)C1. The van der Waals surface area contributed by atoms with Gasteiger partial charge < -0.3 is 20.4 Å². The van der Waals surface area contributed by atoms with E-state index >= 15 is 0 Å². The van der Waals surface area contributed by atoms with Gasteiger partial charge in [-0.2, -0.15) is 0 Å². The molecule has 6 nitrogen and oxygen atoms in total. The van der Waals surface area contributed by atoms with E-state index < -0.39 is 0 Å². The van der Waals surface area contributed by atoms with Crippen molar-refractivity contribution in [1.82, 2.24) is 15.1 Å². The highest BCUT2D eigenvalue weighted by Crippen LogP contribution is 2.20. The van der Waals surface area contributed by atoms with Crippen LogP contribution >= 0.6 is 0 Å². The van der Waals surface area contributed by atoms with Gasteiger partial charge in [-0.15, -0.1) is 0 Å². The lowest BCUT2D eigenvalue weighted by Gasteiger charge is -2.37. The number of amides is 1. The van der Waals surface area contributed by atoms with Crippen molar-refractivity contribution in [3.05, 3.63) is 23.8 Å². The highest BCUT2D eigenvalue weighted by Gasteiger charge is 2.22. The second-order valence-electron chi connectivity index (χ2n) is 5.34. The molecule has 1 unspecified atom stereocenters. The van der Waals surface area contributed by atoms with E-state index in [4.69, 9.17) is 0 Å². The molecule has 1 saturated heterocycles. The minimum absolute atomic E-state index is 0.121. The molecule has 1 amide bonds. The van der Waals surface area contributed by atoms with Gasteiger partial charge in [0.2, 0.25) is 0 Å². The smallest absolute Gasteiger partial charge is 0.251 e. The highest BCUT2D eigenvalue weighted by atomic mass is 16.3. The van der Waals surface area contributed by atoms with Crippen LogP contribution in [0.25, 0.3) is 0 Å². The predicted octanol–water partition coefficient (Wildman–Crippen LogP) is 0.0734. The maximum absolute atomic E-state index is 12.0. The van der Waals surface area contributed by atoms with Crippen molar-refractivity contribution in [2.24, 2.45) is 0 Å². The molecule has 0 radical (unpaired) electrons. The lowest BCUT2D eigenvalue weighted by atomic mass is 10.1. The molecule has 1 atom stereocenters. The van der Waals surface area contributed by atoms with E-state index in [1.54, 1.807) is 0 Å². The van der Waals surface area contributed by atoms with E-state index in [1.807, 2.05) is 7.05 Å². The Hall–Kier alpha value is -1.79. The number of nitrogens with one attached hydrogen (secondary N) is 1. The summed E-state index contributed by atoms with van der Waals surface area (Å²) in [6.07, 6.45) is 0. The van der Waals surface area contributed by atoms with Crippen LogP contribution in [0.15, 0.2) is 18.2 Å². The van der Waals surface area contributed by atoms with E-state index in [1.165, 1.54) is 18.2 Å². The summed E-state index contributed by atoms with van der Waals surface area (Å²) >= 11 is 0. The molecule has 0 aliphatic carbocycles. The van der Waals surface area contributed by atoms with Gasteiger partial charge in [-0.05, 0) is 26.2 Å². The summed E-state index contributed by atoms with van der Waals surface area (Å²) < 4.78 is 0. The molecule has 0 spiro atoms. The van der Waals surface area contributed by atoms with Gasteiger partial charge in [-0.3, -0.25) is 9.69 Å². The molecule has 110 valence electrons. The number of aromatic hydroxyl groups is 2. The zero-order valence-electron chi connectivity index (χ0n) is 11.8. The lowest BCUT2D eigenvalue weighted by molar-refractivity contribution is 0.0880. The van der Waals surface area contributed by atoms with Gasteiger partial charge in [0, 0.05) is 43.9 Å². The third-order valence-electron chi connectivity index (χ3n) is 3.64. The summed E-state index contributed by atoms with van der Waals surface area (Å²) in [6.45, 7) is 3.45. The maximum Gasteiger partial charge on any atom is 0.251 e. The van der Waals surface area contributed by atoms with E-state index in [0.717, 1.165) is 19.6 Å². The highest BCUT2D eigenvalue weighted by molar-refractivity contribution is 5.95. The fourth-order valence-electron chi connectivity index (χ4n) is 2.36. The van der Waals surface area contributed by atoms with Crippen LogP contribution in [0, 0.1) is 0 Å². The third kappa shape index (κ3) is 3.61. The number of phenolic OH excluding ortho intramolecular Hbond substituents is 2. The quantitative estimate of drug-likeness (QED) is 0.730. The largest absolute Gasteiger partial charge is 0.508 e. The Morgan fingerprint density at radius 1 is 1.25 bits per heavy atom. The summed E-state index contributed by atoms with van der Waals surface area (Å²) in [7, 11) is 4.11. The van der Waals surface area contributed by atoms with Crippen LogP contribution < -0.4 is 5.32 Å². The number of hydrogen-bond acceptors (Lipinski definition) is 5. The molecule has 1 heterocycles. The number of hydrogen-bond donors (Lipinski definition) is 3. The molecule has 6 heteroatoms. The van der Waals surface area contributed by atoms with Crippen molar-refractivity contribution in [3.63, 3.8) is 0 Å². The molecule has 1 aromatic rings. The number of carbonyl (C=O) groups excluding carboxylic acids is 1. The van der Waals surface area contributed by atoms with Crippen molar-refractivity contribution in [2.75, 3.05) is 40.3 Å². The standard InChI is InChI=1S/C14H21N3O3/c1-16-3-4-17(2)11(9-16)8-15-14(20)10-5-12(18)7-13(19)6-10/h5-7,11,18-19H,3-4,8-9H2,1-2H3,(H,15,20). The first-order valence-corrected chi connectivity index (χ1v) is 6.65. The molecule has 1 fully saturated rings. The number of phenols is 2. The van der Waals surface area contributed by atoms with Gasteiger partial charge in [0.25, 0.3) is 5.91 Å². The summed E-state index contributed by atoms with van der Waals surface area (Å²) in [4.78, 5) is 16.5. The molecular weight excluding hydrogens is 258 g/mol. The normalized spacial score (nSPS) is 20.8. The molecule has 20 heavy (non-hydrogen) atoms. The topological polar surface area (TPSA) is 76.0 Å². The summed E-state index contributed by atoms with van der Waals surface area (Å²) in [5.41, 5.74) is 0.259. The van der Waals surface area contributed by atoms with E-state index in [-0.39, 0.29) is 29.0 Å². The lowest BCUT2D eigenvalue weighted by Crippen LogP contribution is -2.54.